The van der Waals surface area contributed by atoms with Gasteiger partial charge in [-0.25, -0.2) is 13.2 Å². The van der Waals surface area contributed by atoms with Crippen LogP contribution in [0.25, 0.3) is 11.1 Å². The number of aromatic nitrogens is 1. The minimum absolute atomic E-state index is 0.0727. The van der Waals surface area contributed by atoms with Crippen LogP contribution in [0.5, 0.6) is 0 Å². The highest BCUT2D eigenvalue weighted by molar-refractivity contribution is 7.89. The third-order valence-corrected chi connectivity index (χ3v) is 9.43. The van der Waals surface area contributed by atoms with Gasteiger partial charge in [-0.3, -0.25) is 9.36 Å². The predicted molar refractivity (Wildman–Crippen MR) is 120 cm³/mol. The number of hydrogen-bond acceptors (Lipinski definition) is 5. The zero-order chi connectivity index (χ0) is 22.3. The van der Waals surface area contributed by atoms with E-state index >= 15 is 0 Å². The highest BCUT2D eigenvalue weighted by Crippen LogP contribution is 2.36. The zero-order valence-electron chi connectivity index (χ0n) is 18.4. The van der Waals surface area contributed by atoms with Gasteiger partial charge in [-0.1, -0.05) is 19.3 Å². The quantitative estimate of drug-likeness (QED) is 0.683. The summed E-state index contributed by atoms with van der Waals surface area (Å²) in [5.41, 5.74) is 0.764. The number of hydrogen-bond donors (Lipinski definition) is 0. The second-order valence-electron chi connectivity index (χ2n) is 9.44. The molecule has 1 saturated carbocycles. The molecule has 2 aliphatic heterocycles. The Balaban J connectivity index is 1.29. The summed E-state index contributed by atoms with van der Waals surface area (Å²) >= 11 is 0. The molecule has 3 aliphatic rings. The van der Waals surface area contributed by atoms with Crippen LogP contribution in [0.2, 0.25) is 0 Å². The summed E-state index contributed by atoms with van der Waals surface area (Å²) in [6, 6.07) is 4.56. The first-order valence-electron chi connectivity index (χ1n) is 11.8. The number of piperidine rings is 1. The van der Waals surface area contributed by atoms with Crippen molar-refractivity contribution in [2.24, 2.45) is 11.8 Å². The molecule has 5 rings (SSSR count). The summed E-state index contributed by atoms with van der Waals surface area (Å²) in [6.45, 7) is 2.91. The van der Waals surface area contributed by atoms with E-state index in [2.05, 4.69) is 0 Å². The number of carbonyl (C=O) groups excluding carboxylic acids is 1. The number of likely N-dealkylation sites (tertiary alicyclic amines) is 1. The second kappa shape index (κ2) is 8.67. The molecule has 1 aromatic heterocycles. The highest BCUT2D eigenvalue weighted by Gasteiger charge is 2.33. The van der Waals surface area contributed by atoms with Crippen LogP contribution in [-0.2, 0) is 21.4 Å². The molecule has 0 spiro atoms. The topological polar surface area (TPSA) is 92.8 Å². The number of amides is 1. The Morgan fingerprint density at radius 1 is 1.00 bits per heavy atom. The maximum Gasteiger partial charge on any atom is 0.419 e. The molecule has 3 heterocycles. The molecule has 2 atom stereocenters. The first-order chi connectivity index (χ1) is 15.4. The lowest BCUT2D eigenvalue weighted by molar-refractivity contribution is -0.134. The number of aryl methyl sites for hydroxylation is 1. The van der Waals surface area contributed by atoms with Gasteiger partial charge in [-0.05, 0) is 49.7 Å². The van der Waals surface area contributed by atoms with Crippen molar-refractivity contribution >= 4 is 27.0 Å². The molecule has 0 unspecified atom stereocenters. The van der Waals surface area contributed by atoms with Crippen LogP contribution in [0, 0.1) is 11.8 Å². The molecule has 3 fully saturated rings. The fourth-order valence-electron chi connectivity index (χ4n) is 5.69. The van der Waals surface area contributed by atoms with Crippen molar-refractivity contribution in [2.45, 2.75) is 62.8 Å². The Kier molecular flexibility index (Phi) is 5.88. The van der Waals surface area contributed by atoms with E-state index in [1.165, 1.54) is 46.7 Å². The molecule has 0 N–H and O–H groups in total. The van der Waals surface area contributed by atoms with Crippen LogP contribution in [0.3, 0.4) is 0 Å². The zero-order valence-corrected chi connectivity index (χ0v) is 19.2. The van der Waals surface area contributed by atoms with E-state index in [1.807, 2.05) is 4.90 Å². The summed E-state index contributed by atoms with van der Waals surface area (Å²) in [4.78, 5) is 27.4. The lowest BCUT2D eigenvalue weighted by Crippen LogP contribution is -2.45. The van der Waals surface area contributed by atoms with Crippen molar-refractivity contribution in [3.8, 4) is 0 Å². The van der Waals surface area contributed by atoms with Gasteiger partial charge >= 0.3 is 5.76 Å². The van der Waals surface area contributed by atoms with Crippen molar-refractivity contribution in [1.29, 1.82) is 0 Å². The van der Waals surface area contributed by atoms with E-state index < -0.39 is 15.8 Å². The SMILES string of the molecule is O=C(CCn1c(=O)oc2cc(S(=O)(=O)N3CCCC3)ccc21)N1CC[C@@H]2CCCC[C@H]2C1. The first kappa shape index (κ1) is 21.7. The monoisotopic (exact) mass is 461 g/mol. The highest BCUT2D eigenvalue weighted by atomic mass is 32.2. The number of oxazole rings is 1. The number of nitrogens with zero attached hydrogens (tertiary/aromatic N) is 3. The predicted octanol–water partition coefficient (Wildman–Crippen LogP) is 2.81. The molecule has 9 heteroatoms. The largest absolute Gasteiger partial charge is 0.419 e. The van der Waals surface area contributed by atoms with E-state index in [0.29, 0.717) is 24.5 Å². The number of carbonyl (C=O) groups is 1. The van der Waals surface area contributed by atoms with E-state index in [1.54, 1.807) is 6.07 Å². The van der Waals surface area contributed by atoms with Crippen LogP contribution in [-0.4, -0.2) is 54.3 Å². The van der Waals surface area contributed by atoms with Gasteiger partial charge in [0.25, 0.3) is 0 Å². The van der Waals surface area contributed by atoms with Crippen molar-refractivity contribution in [3.05, 3.63) is 28.7 Å². The minimum Gasteiger partial charge on any atom is -0.408 e. The molecule has 8 nitrogen and oxygen atoms in total. The maximum absolute atomic E-state index is 12.8. The fourth-order valence-corrected chi connectivity index (χ4v) is 7.22. The van der Waals surface area contributed by atoms with Gasteiger partial charge < -0.3 is 9.32 Å². The van der Waals surface area contributed by atoms with E-state index in [-0.39, 0.29) is 29.4 Å². The number of benzene rings is 1. The third kappa shape index (κ3) is 4.01. The molecule has 0 bridgehead atoms. The lowest BCUT2D eigenvalue weighted by Gasteiger charge is -2.41. The van der Waals surface area contributed by atoms with Gasteiger partial charge in [0.05, 0.1) is 10.4 Å². The lowest BCUT2D eigenvalue weighted by atomic mass is 9.75. The number of sulfonamides is 1. The molecule has 1 amide bonds. The van der Waals surface area contributed by atoms with E-state index in [4.69, 9.17) is 4.42 Å². The van der Waals surface area contributed by atoms with Gasteiger partial charge in [0, 0.05) is 45.2 Å². The molecule has 2 aromatic rings. The van der Waals surface area contributed by atoms with E-state index in [9.17, 15) is 18.0 Å². The Hall–Kier alpha value is -2.13. The van der Waals surface area contributed by atoms with Crippen molar-refractivity contribution < 1.29 is 17.6 Å². The Bertz CT molecular complexity index is 1160. The summed E-state index contributed by atoms with van der Waals surface area (Å²) < 4.78 is 33.9. The van der Waals surface area contributed by atoms with Crippen LogP contribution >= 0.6 is 0 Å². The molecule has 174 valence electrons. The van der Waals surface area contributed by atoms with Crippen LogP contribution in [0.4, 0.5) is 0 Å². The van der Waals surface area contributed by atoms with Gasteiger partial charge in [0.15, 0.2) is 5.58 Å². The average Bonchev–Trinajstić information content (AvgIpc) is 3.45. The molecule has 1 aliphatic carbocycles. The Morgan fingerprint density at radius 3 is 2.53 bits per heavy atom. The van der Waals surface area contributed by atoms with Crippen molar-refractivity contribution in [3.63, 3.8) is 0 Å². The summed E-state index contributed by atoms with van der Waals surface area (Å²) in [6.07, 6.45) is 8.11. The van der Waals surface area contributed by atoms with Crippen molar-refractivity contribution in [1.82, 2.24) is 13.8 Å². The summed E-state index contributed by atoms with van der Waals surface area (Å²) in [5.74, 6) is 0.896. The maximum atomic E-state index is 12.8. The summed E-state index contributed by atoms with van der Waals surface area (Å²) in [5, 5.41) is 0. The molecule has 1 aromatic carbocycles. The molecule has 0 radical (unpaired) electrons. The third-order valence-electron chi connectivity index (χ3n) is 7.54. The minimum atomic E-state index is -3.58. The van der Waals surface area contributed by atoms with Gasteiger partial charge in [0.1, 0.15) is 0 Å². The van der Waals surface area contributed by atoms with Crippen LogP contribution in [0.15, 0.2) is 32.3 Å². The van der Waals surface area contributed by atoms with E-state index in [0.717, 1.165) is 38.3 Å². The normalized spacial score (nSPS) is 24.7. The van der Waals surface area contributed by atoms with Gasteiger partial charge in [-0.2, -0.15) is 4.31 Å². The number of fused-ring (bicyclic) bond motifs is 2. The smallest absolute Gasteiger partial charge is 0.408 e. The fraction of sp³-hybridized carbons (Fsp3) is 0.652. The van der Waals surface area contributed by atoms with Crippen molar-refractivity contribution in [2.75, 3.05) is 26.2 Å². The standard InChI is InChI=1S/C23H31N3O5S/c27-22(24-13-9-17-5-1-2-6-18(17)16-24)10-14-26-20-8-7-19(15-21(20)31-23(26)28)32(29,30)25-11-3-4-12-25/h7-8,15,17-18H,1-6,9-14,16H2/t17-,18-/m0/s1. The molecular formula is C23H31N3O5S. The summed E-state index contributed by atoms with van der Waals surface area (Å²) in [7, 11) is -3.58. The Labute approximate surface area is 188 Å². The van der Waals surface area contributed by atoms with Gasteiger partial charge in [-0.15, -0.1) is 0 Å². The average molecular weight is 462 g/mol. The molecular weight excluding hydrogens is 430 g/mol. The molecule has 32 heavy (non-hydrogen) atoms. The van der Waals surface area contributed by atoms with Crippen LogP contribution < -0.4 is 5.76 Å². The Morgan fingerprint density at radius 2 is 1.75 bits per heavy atom. The second-order valence-corrected chi connectivity index (χ2v) is 11.4. The first-order valence-corrected chi connectivity index (χ1v) is 13.3. The number of rotatable bonds is 5. The van der Waals surface area contributed by atoms with Gasteiger partial charge in [0.2, 0.25) is 15.9 Å². The van der Waals surface area contributed by atoms with Crippen LogP contribution in [0.1, 0.15) is 51.4 Å². The molecule has 2 saturated heterocycles.